The van der Waals surface area contributed by atoms with Crippen molar-refractivity contribution in [3.05, 3.63) is 70.6 Å². The molecule has 1 aromatic heterocycles. The van der Waals surface area contributed by atoms with Crippen LogP contribution in [0.15, 0.2) is 57.9 Å². The Morgan fingerprint density at radius 2 is 1.72 bits per heavy atom. The average molecular weight is 435 g/mol. The molecular formula is C20H19ClN2O5S. The van der Waals surface area contributed by atoms with Gasteiger partial charge in [-0.2, -0.15) is 0 Å². The molecule has 0 bridgehead atoms. The number of ether oxygens (including phenoxy) is 1. The molecule has 3 rings (SSSR count). The van der Waals surface area contributed by atoms with Crippen molar-refractivity contribution in [2.75, 3.05) is 11.4 Å². The minimum atomic E-state index is -3.74. The number of aryl methyl sites for hydroxylation is 2. The Bertz CT molecular complexity index is 1100. The average Bonchev–Trinajstić information content (AvgIpc) is 3.00. The Hall–Kier alpha value is -2.84. The van der Waals surface area contributed by atoms with Gasteiger partial charge in [0.25, 0.3) is 10.0 Å². The number of carbonyl (C=O) groups excluding carboxylic acids is 1. The number of esters is 1. The van der Waals surface area contributed by atoms with Crippen LogP contribution in [0.5, 0.6) is 5.75 Å². The van der Waals surface area contributed by atoms with E-state index >= 15 is 0 Å². The summed E-state index contributed by atoms with van der Waals surface area (Å²) in [5, 5.41) is 4.26. The number of benzene rings is 2. The largest absolute Gasteiger partial charge is 0.426 e. The smallest absolute Gasteiger partial charge is 0.315 e. The number of anilines is 1. The maximum absolute atomic E-state index is 12.7. The summed E-state index contributed by atoms with van der Waals surface area (Å²) in [6.07, 6.45) is 0.0355. The topological polar surface area (TPSA) is 89.7 Å². The molecule has 1 heterocycles. The quantitative estimate of drug-likeness (QED) is 0.431. The highest BCUT2D eigenvalue weighted by Gasteiger charge is 2.21. The van der Waals surface area contributed by atoms with Crippen LogP contribution in [0.3, 0.4) is 0 Å². The number of carbonyl (C=O) groups is 1. The lowest BCUT2D eigenvalue weighted by atomic mass is 10.1. The van der Waals surface area contributed by atoms with E-state index in [1.165, 1.54) is 43.4 Å². The number of sulfonamides is 1. The SMILES string of the molecule is Cc1noc(C)c1CC(=O)Oc1ccc(N(C)S(=O)(=O)c2ccc(Cl)cc2)cc1. The molecule has 7 nitrogen and oxygen atoms in total. The third-order valence-corrected chi connectivity index (χ3v) is 6.46. The molecular weight excluding hydrogens is 416 g/mol. The Kier molecular flexibility index (Phi) is 5.95. The van der Waals surface area contributed by atoms with Gasteiger partial charge in [0.1, 0.15) is 11.5 Å². The minimum absolute atomic E-state index is 0.0355. The van der Waals surface area contributed by atoms with Crippen molar-refractivity contribution in [2.24, 2.45) is 0 Å². The van der Waals surface area contributed by atoms with E-state index in [1.807, 2.05) is 0 Å². The lowest BCUT2D eigenvalue weighted by Gasteiger charge is -2.19. The van der Waals surface area contributed by atoms with Crippen molar-refractivity contribution in [3.63, 3.8) is 0 Å². The molecule has 0 spiro atoms. The molecule has 0 aliphatic heterocycles. The second-order valence-electron chi connectivity index (χ2n) is 6.37. The van der Waals surface area contributed by atoms with Crippen molar-refractivity contribution in [1.29, 1.82) is 0 Å². The number of nitrogens with zero attached hydrogens (tertiary/aromatic N) is 2. The van der Waals surface area contributed by atoms with Crippen LogP contribution in [-0.4, -0.2) is 26.6 Å². The van der Waals surface area contributed by atoms with Crippen LogP contribution < -0.4 is 9.04 Å². The van der Waals surface area contributed by atoms with Crippen LogP contribution in [0.4, 0.5) is 5.69 Å². The zero-order valence-corrected chi connectivity index (χ0v) is 17.6. The summed E-state index contributed by atoms with van der Waals surface area (Å²) in [4.78, 5) is 12.3. The number of halogens is 1. The zero-order chi connectivity index (χ0) is 21.2. The summed E-state index contributed by atoms with van der Waals surface area (Å²) in [6, 6.07) is 12.1. The second-order valence-corrected chi connectivity index (χ2v) is 8.78. The molecule has 0 unspecified atom stereocenters. The first kappa shape index (κ1) is 20.9. The van der Waals surface area contributed by atoms with Crippen LogP contribution in [0.2, 0.25) is 5.02 Å². The fraction of sp³-hybridized carbons (Fsp3) is 0.200. The Labute approximate surface area is 173 Å². The van der Waals surface area contributed by atoms with Gasteiger partial charge in [0.2, 0.25) is 0 Å². The van der Waals surface area contributed by atoms with Crippen molar-refractivity contribution >= 4 is 33.3 Å². The van der Waals surface area contributed by atoms with E-state index in [2.05, 4.69) is 5.16 Å². The molecule has 9 heteroatoms. The minimum Gasteiger partial charge on any atom is -0.426 e. The van der Waals surface area contributed by atoms with Gasteiger partial charge >= 0.3 is 5.97 Å². The second kappa shape index (κ2) is 8.26. The molecule has 2 aromatic carbocycles. The molecule has 0 aliphatic rings. The molecule has 0 saturated carbocycles. The molecule has 152 valence electrons. The van der Waals surface area contributed by atoms with E-state index in [0.717, 1.165) is 4.31 Å². The van der Waals surface area contributed by atoms with Crippen LogP contribution in [0, 0.1) is 13.8 Å². The van der Waals surface area contributed by atoms with Crippen molar-refractivity contribution in [1.82, 2.24) is 5.16 Å². The molecule has 0 saturated heterocycles. The highest BCUT2D eigenvalue weighted by molar-refractivity contribution is 7.92. The first-order valence-corrected chi connectivity index (χ1v) is 10.5. The van der Waals surface area contributed by atoms with Gasteiger partial charge in [-0.3, -0.25) is 9.10 Å². The zero-order valence-electron chi connectivity index (χ0n) is 16.0. The Morgan fingerprint density at radius 3 is 2.28 bits per heavy atom. The third-order valence-electron chi connectivity index (χ3n) is 4.41. The van der Waals surface area contributed by atoms with Gasteiger partial charge in [-0.1, -0.05) is 16.8 Å². The normalized spacial score (nSPS) is 11.3. The first-order chi connectivity index (χ1) is 13.7. The van der Waals surface area contributed by atoms with Crippen molar-refractivity contribution < 1.29 is 22.5 Å². The molecule has 0 aliphatic carbocycles. The fourth-order valence-electron chi connectivity index (χ4n) is 2.69. The van der Waals surface area contributed by atoms with E-state index in [9.17, 15) is 13.2 Å². The summed E-state index contributed by atoms with van der Waals surface area (Å²) in [7, 11) is -2.29. The van der Waals surface area contributed by atoms with Crippen LogP contribution in [0.25, 0.3) is 0 Å². The Morgan fingerprint density at radius 1 is 1.10 bits per heavy atom. The van der Waals surface area contributed by atoms with Crippen LogP contribution in [-0.2, 0) is 21.2 Å². The summed E-state index contributed by atoms with van der Waals surface area (Å²) in [5.74, 6) is 0.418. The summed E-state index contributed by atoms with van der Waals surface area (Å²) in [6.45, 7) is 3.49. The van der Waals surface area contributed by atoms with Gasteiger partial charge in [0.15, 0.2) is 0 Å². The standard InChI is InChI=1S/C20H19ClN2O5S/c1-13-19(14(2)28-22-13)12-20(24)27-17-8-6-16(7-9-17)23(3)29(25,26)18-10-4-15(21)5-11-18/h4-11H,12H2,1-3H3. The van der Waals surface area contributed by atoms with Gasteiger partial charge < -0.3 is 9.26 Å². The highest BCUT2D eigenvalue weighted by Crippen LogP contribution is 2.25. The predicted octanol–water partition coefficient (Wildman–Crippen LogP) is 3.92. The number of rotatable bonds is 6. The maximum atomic E-state index is 12.7. The van der Waals surface area contributed by atoms with Gasteiger partial charge in [0, 0.05) is 17.6 Å². The molecule has 0 fully saturated rings. The lowest BCUT2D eigenvalue weighted by Crippen LogP contribution is -2.26. The van der Waals surface area contributed by atoms with Crippen LogP contribution in [0.1, 0.15) is 17.0 Å². The van der Waals surface area contributed by atoms with E-state index in [1.54, 1.807) is 26.0 Å². The first-order valence-electron chi connectivity index (χ1n) is 8.65. The highest BCUT2D eigenvalue weighted by atomic mass is 35.5. The number of aromatic nitrogens is 1. The lowest BCUT2D eigenvalue weighted by molar-refractivity contribution is -0.133. The van der Waals surface area contributed by atoms with Crippen molar-refractivity contribution in [3.8, 4) is 5.75 Å². The number of hydrogen-bond acceptors (Lipinski definition) is 6. The molecule has 0 amide bonds. The molecule has 29 heavy (non-hydrogen) atoms. The van der Waals surface area contributed by atoms with E-state index < -0.39 is 16.0 Å². The monoisotopic (exact) mass is 434 g/mol. The summed E-state index contributed by atoms with van der Waals surface area (Å²) < 4.78 is 37.0. The summed E-state index contributed by atoms with van der Waals surface area (Å²) >= 11 is 5.82. The van der Waals surface area contributed by atoms with Gasteiger partial charge in [-0.05, 0) is 62.4 Å². The van der Waals surface area contributed by atoms with Crippen molar-refractivity contribution in [2.45, 2.75) is 25.2 Å². The van der Waals surface area contributed by atoms with E-state index in [4.69, 9.17) is 20.9 Å². The summed E-state index contributed by atoms with van der Waals surface area (Å²) in [5.41, 5.74) is 1.76. The van der Waals surface area contributed by atoms with Gasteiger partial charge in [0.05, 0.1) is 22.7 Å². The molecule has 0 atom stereocenters. The molecule has 0 N–H and O–H groups in total. The fourth-order valence-corrected chi connectivity index (χ4v) is 4.02. The van der Waals surface area contributed by atoms with E-state index in [0.29, 0.717) is 33.5 Å². The molecule has 0 radical (unpaired) electrons. The van der Waals surface area contributed by atoms with Gasteiger partial charge in [-0.15, -0.1) is 0 Å². The number of hydrogen-bond donors (Lipinski definition) is 0. The van der Waals surface area contributed by atoms with Gasteiger partial charge in [-0.25, -0.2) is 8.42 Å². The third kappa shape index (κ3) is 4.60. The predicted molar refractivity (Wildman–Crippen MR) is 109 cm³/mol. The molecule has 3 aromatic rings. The Balaban J connectivity index is 1.71. The van der Waals surface area contributed by atoms with Crippen LogP contribution >= 0.6 is 11.6 Å². The van der Waals surface area contributed by atoms with E-state index in [-0.39, 0.29) is 11.3 Å². The maximum Gasteiger partial charge on any atom is 0.315 e.